The van der Waals surface area contributed by atoms with Gasteiger partial charge in [-0.3, -0.25) is 4.79 Å². The lowest BCUT2D eigenvalue weighted by molar-refractivity contribution is 0.103. The predicted octanol–water partition coefficient (Wildman–Crippen LogP) is 3.81. The first-order valence-corrected chi connectivity index (χ1v) is 6.59. The highest BCUT2D eigenvalue weighted by Crippen LogP contribution is 2.34. The second-order valence-electron chi connectivity index (χ2n) is 4.74. The Hall–Kier alpha value is -1.80. The van der Waals surface area contributed by atoms with Crippen LogP contribution in [-0.4, -0.2) is 12.4 Å². The number of halogens is 1. The Labute approximate surface area is 117 Å². The van der Waals surface area contributed by atoms with Crippen LogP contribution in [0.5, 0.6) is 5.75 Å². The lowest BCUT2D eigenvalue weighted by Gasteiger charge is -2.08. The Kier molecular flexibility index (Phi) is 3.03. The molecule has 1 heterocycles. The van der Waals surface area contributed by atoms with Crippen molar-refractivity contribution < 1.29 is 9.53 Å². The third kappa shape index (κ3) is 2.24. The molecule has 2 aromatic rings. The van der Waals surface area contributed by atoms with Crippen LogP contribution >= 0.6 is 11.6 Å². The topological polar surface area (TPSA) is 26.3 Å². The minimum Gasteiger partial charge on any atom is -0.492 e. The SMILES string of the molecule is Cc1cccc(C(=O)c2cc(Cl)cc3c2OCC3)c1. The number of hydrogen-bond acceptors (Lipinski definition) is 2. The molecule has 0 saturated heterocycles. The number of carbonyl (C=O) groups is 1. The van der Waals surface area contributed by atoms with E-state index in [1.54, 1.807) is 6.07 Å². The van der Waals surface area contributed by atoms with Crippen molar-refractivity contribution in [3.05, 3.63) is 63.7 Å². The van der Waals surface area contributed by atoms with Crippen LogP contribution in [0.4, 0.5) is 0 Å². The van der Waals surface area contributed by atoms with Crippen LogP contribution in [0.1, 0.15) is 27.0 Å². The second-order valence-corrected chi connectivity index (χ2v) is 5.18. The highest BCUT2D eigenvalue weighted by Gasteiger charge is 2.22. The van der Waals surface area contributed by atoms with Crippen LogP contribution in [0.15, 0.2) is 36.4 Å². The molecule has 2 nitrogen and oxygen atoms in total. The maximum Gasteiger partial charge on any atom is 0.196 e. The zero-order valence-corrected chi connectivity index (χ0v) is 11.3. The molecular formula is C16H13ClO2. The van der Waals surface area contributed by atoms with Crippen molar-refractivity contribution in [3.63, 3.8) is 0 Å². The number of ether oxygens (including phenoxy) is 1. The van der Waals surface area contributed by atoms with Gasteiger partial charge >= 0.3 is 0 Å². The largest absolute Gasteiger partial charge is 0.492 e. The molecule has 19 heavy (non-hydrogen) atoms. The van der Waals surface area contributed by atoms with Gasteiger partial charge in [-0.05, 0) is 30.7 Å². The average molecular weight is 273 g/mol. The van der Waals surface area contributed by atoms with E-state index in [-0.39, 0.29) is 5.78 Å². The Morgan fingerprint density at radius 2 is 2.11 bits per heavy atom. The molecule has 0 atom stereocenters. The first kappa shape index (κ1) is 12.2. The van der Waals surface area contributed by atoms with Crippen molar-refractivity contribution in [3.8, 4) is 5.75 Å². The third-order valence-corrected chi connectivity index (χ3v) is 3.49. The smallest absolute Gasteiger partial charge is 0.196 e. The van der Waals surface area contributed by atoms with Gasteiger partial charge in [-0.1, -0.05) is 35.4 Å². The van der Waals surface area contributed by atoms with Crippen molar-refractivity contribution in [2.24, 2.45) is 0 Å². The fourth-order valence-electron chi connectivity index (χ4n) is 2.38. The molecule has 1 aliphatic heterocycles. The number of carbonyl (C=O) groups excluding carboxylic acids is 1. The highest BCUT2D eigenvalue weighted by molar-refractivity contribution is 6.31. The van der Waals surface area contributed by atoms with Crippen LogP contribution in [0.25, 0.3) is 0 Å². The second kappa shape index (κ2) is 4.71. The maximum atomic E-state index is 12.6. The first-order chi connectivity index (χ1) is 9.15. The third-order valence-electron chi connectivity index (χ3n) is 3.27. The van der Waals surface area contributed by atoms with Gasteiger partial charge in [0.15, 0.2) is 5.78 Å². The summed E-state index contributed by atoms with van der Waals surface area (Å²) in [6.07, 6.45) is 0.810. The van der Waals surface area contributed by atoms with Crippen LogP contribution in [0.3, 0.4) is 0 Å². The summed E-state index contributed by atoms with van der Waals surface area (Å²) >= 11 is 6.08. The number of hydrogen-bond donors (Lipinski definition) is 0. The number of benzene rings is 2. The number of ketones is 1. The van der Waals surface area contributed by atoms with E-state index in [0.717, 1.165) is 17.5 Å². The molecule has 0 bridgehead atoms. The molecule has 0 spiro atoms. The van der Waals surface area contributed by atoms with Crippen LogP contribution in [0.2, 0.25) is 5.02 Å². The van der Waals surface area contributed by atoms with Gasteiger partial charge in [0.1, 0.15) is 5.75 Å². The Morgan fingerprint density at radius 3 is 2.89 bits per heavy atom. The van der Waals surface area contributed by atoms with E-state index in [1.807, 2.05) is 37.3 Å². The van der Waals surface area contributed by atoms with E-state index < -0.39 is 0 Å². The van der Waals surface area contributed by atoms with Crippen LogP contribution < -0.4 is 4.74 Å². The normalized spacial score (nSPS) is 12.9. The van der Waals surface area contributed by atoms with Crippen molar-refractivity contribution in [2.75, 3.05) is 6.61 Å². The van der Waals surface area contributed by atoms with Gasteiger partial charge in [0, 0.05) is 17.0 Å². The summed E-state index contributed by atoms with van der Waals surface area (Å²) < 4.78 is 5.58. The minimum absolute atomic E-state index is 0.0376. The van der Waals surface area contributed by atoms with E-state index >= 15 is 0 Å². The lowest BCUT2D eigenvalue weighted by Crippen LogP contribution is -2.04. The van der Waals surface area contributed by atoms with Crippen molar-refractivity contribution in [1.29, 1.82) is 0 Å². The quantitative estimate of drug-likeness (QED) is 0.777. The van der Waals surface area contributed by atoms with Crippen molar-refractivity contribution >= 4 is 17.4 Å². The van der Waals surface area contributed by atoms with Crippen LogP contribution in [-0.2, 0) is 6.42 Å². The Bertz CT molecular complexity index is 662. The molecule has 0 N–H and O–H groups in total. The monoisotopic (exact) mass is 272 g/mol. The average Bonchev–Trinajstić information content (AvgIpc) is 2.85. The summed E-state index contributed by atoms with van der Waals surface area (Å²) in [5, 5.41) is 0.584. The molecule has 3 rings (SSSR count). The van der Waals surface area contributed by atoms with E-state index in [2.05, 4.69) is 0 Å². The fraction of sp³-hybridized carbons (Fsp3) is 0.188. The standard InChI is InChI=1S/C16H13ClO2/c1-10-3-2-4-11(7-10)15(18)14-9-13(17)8-12-5-6-19-16(12)14/h2-4,7-9H,5-6H2,1H3. The molecule has 0 amide bonds. The zero-order chi connectivity index (χ0) is 13.4. The van der Waals surface area contributed by atoms with Gasteiger partial charge in [0.05, 0.1) is 12.2 Å². The van der Waals surface area contributed by atoms with Gasteiger partial charge in [-0.15, -0.1) is 0 Å². The minimum atomic E-state index is -0.0376. The number of aryl methyl sites for hydroxylation is 1. The molecule has 1 aliphatic rings. The maximum absolute atomic E-state index is 12.6. The van der Waals surface area contributed by atoms with Gasteiger partial charge in [-0.25, -0.2) is 0 Å². The Morgan fingerprint density at radius 1 is 1.26 bits per heavy atom. The molecule has 0 aliphatic carbocycles. The molecular weight excluding hydrogens is 260 g/mol. The molecule has 0 aromatic heterocycles. The van der Waals surface area contributed by atoms with Gasteiger partial charge in [-0.2, -0.15) is 0 Å². The van der Waals surface area contributed by atoms with E-state index in [1.165, 1.54) is 0 Å². The molecule has 2 aromatic carbocycles. The highest BCUT2D eigenvalue weighted by atomic mass is 35.5. The fourth-order valence-corrected chi connectivity index (χ4v) is 2.62. The molecule has 0 fully saturated rings. The summed E-state index contributed by atoms with van der Waals surface area (Å²) in [4.78, 5) is 12.6. The predicted molar refractivity (Wildman–Crippen MR) is 75.3 cm³/mol. The molecule has 96 valence electrons. The van der Waals surface area contributed by atoms with Crippen molar-refractivity contribution in [1.82, 2.24) is 0 Å². The summed E-state index contributed by atoms with van der Waals surface area (Å²) in [6.45, 7) is 2.58. The summed E-state index contributed by atoms with van der Waals surface area (Å²) in [6, 6.07) is 11.1. The van der Waals surface area contributed by atoms with E-state index in [9.17, 15) is 4.79 Å². The summed E-state index contributed by atoms with van der Waals surface area (Å²) in [5.74, 6) is 0.653. The molecule has 3 heteroatoms. The summed E-state index contributed by atoms with van der Waals surface area (Å²) in [5.41, 5.74) is 3.31. The molecule has 0 unspecified atom stereocenters. The number of rotatable bonds is 2. The van der Waals surface area contributed by atoms with E-state index in [0.29, 0.717) is 28.5 Å². The van der Waals surface area contributed by atoms with Crippen LogP contribution in [0, 0.1) is 6.92 Å². The Balaban J connectivity index is 2.10. The zero-order valence-electron chi connectivity index (χ0n) is 10.6. The van der Waals surface area contributed by atoms with Crippen molar-refractivity contribution in [2.45, 2.75) is 13.3 Å². The number of fused-ring (bicyclic) bond motifs is 1. The van der Waals surface area contributed by atoms with E-state index in [4.69, 9.17) is 16.3 Å². The van der Waals surface area contributed by atoms with Gasteiger partial charge in [0.2, 0.25) is 0 Å². The van der Waals surface area contributed by atoms with Gasteiger partial charge < -0.3 is 4.74 Å². The first-order valence-electron chi connectivity index (χ1n) is 6.22. The molecule has 0 saturated carbocycles. The summed E-state index contributed by atoms with van der Waals surface area (Å²) in [7, 11) is 0. The van der Waals surface area contributed by atoms with Gasteiger partial charge in [0.25, 0.3) is 0 Å². The molecule has 0 radical (unpaired) electrons. The lowest BCUT2D eigenvalue weighted by atomic mass is 9.99.